The van der Waals surface area contributed by atoms with Gasteiger partial charge in [0.15, 0.2) is 5.96 Å². The van der Waals surface area contributed by atoms with E-state index in [9.17, 15) is 0 Å². The highest BCUT2D eigenvalue weighted by molar-refractivity contribution is 14.0. The molecule has 6 nitrogen and oxygen atoms in total. The quantitative estimate of drug-likeness (QED) is 0.199. The average Bonchev–Trinajstić information content (AvgIpc) is 3.15. The van der Waals surface area contributed by atoms with E-state index in [0.29, 0.717) is 19.8 Å². The summed E-state index contributed by atoms with van der Waals surface area (Å²) in [5, 5.41) is 7.85. The van der Waals surface area contributed by atoms with Crippen molar-refractivity contribution in [1.82, 2.24) is 15.6 Å². The summed E-state index contributed by atoms with van der Waals surface area (Å²) < 4.78 is 10.9. The Morgan fingerprint density at radius 3 is 2.72 bits per heavy atom. The van der Waals surface area contributed by atoms with Gasteiger partial charge < -0.3 is 20.1 Å². The molecule has 29 heavy (non-hydrogen) atoms. The van der Waals surface area contributed by atoms with Gasteiger partial charge >= 0.3 is 0 Å². The van der Waals surface area contributed by atoms with E-state index in [2.05, 4.69) is 54.6 Å². The molecule has 0 bridgehead atoms. The summed E-state index contributed by atoms with van der Waals surface area (Å²) in [5.74, 6) is 1.67. The Kier molecular flexibility index (Phi) is 12.9. The maximum Gasteiger partial charge on any atom is 0.191 e. The number of ether oxygens (including phenoxy) is 2. The van der Waals surface area contributed by atoms with E-state index in [1.165, 1.54) is 10.4 Å². The predicted molar refractivity (Wildman–Crippen MR) is 132 cm³/mol. The van der Waals surface area contributed by atoms with E-state index in [0.717, 1.165) is 48.2 Å². The van der Waals surface area contributed by atoms with Crippen molar-refractivity contribution in [3.63, 3.8) is 0 Å². The highest BCUT2D eigenvalue weighted by Crippen LogP contribution is 2.21. The molecular formula is C21H33IN4O2S. The molecule has 0 aliphatic carbocycles. The summed E-state index contributed by atoms with van der Waals surface area (Å²) in [6, 6.07) is 6.21. The van der Waals surface area contributed by atoms with Crippen molar-refractivity contribution in [1.29, 1.82) is 0 Å². The Morgan fingerprint density at radius 2 is 2.03 bits per heavy atom. The normalized spacial score (nSPS) is 11.1. The highest BCUT2D eigenvalue weighted by Gasteiger charge is 2.06. The second-order valence-corrected chi connectivity index (χ2v) is 7.60. The molecular weight excluding hydrogens is 499 g/mol. The number of halogens is 1. The van der Waals surface area contributed by atoms with Crippen LogP contribution in [-0.2, 0) is 24.1 Å². The Hall–Kier alpha value is -1.39. The fraction of sp³-hybridized carbons (Fsp3) is 0.524. The maximum absolute atomic E-state index is 5.86. The molecule has 8 heteroatoms. The number of aliphatic imine (C=N–C) groups is 1. The van der Waals surface area contributed by atoms with Gasteiger partial charge in [-0.2, -0.15) is 0 Å². The zero-order valence-corrected chi connectivity index (χ0v) is 20.9. The smallest absolute Gasteiger partial charge is 0.191 e. The molecule has 0 unspecified atom stereocenters. The monoisotopic (exact) mass is 532 g/mol. The summed E-state index contributed by atoms with van der Waals surface area (Å²) >= 11 is 1.78. The van der Waals surface area contributed by atoms with Gasteiger partial charge in [0.1, 0.15) is 12.4 Å². The van der Waals surface area contributed by atoms with Gasteiger partial charge in [-0.3, -0.25) is 0 Å². The lowest BCUT2D eigenvalue weighted by Gasteiger charge is -2.13. The third-order valence-corrected chi connectivity index (χ3v) is 5.30. The molecule has 2 aromatic rings. The number of hydrogen-bond acceptors (Lipinski definition) is 5. The number of benzene rings is 1. The molecule has 1 aromatic heterocycles. The van der Waals surface area contributed by atoms with Crippen LogP contribution < -0.4 is 15.4 Å². The van der Waals surface area contributed by atoms with Crippen molar-refractivity contribution in [2.75, 3.05) is 33.4 Å². The lowest BCUT2D eigenvalue weighted by atomic mass is 10.1. The third kappa shape index (κ3) is 9.31. The first kappa shape index (κ1) is 25.6. The molecule has 0 spiro atoms. The van der Waals surface area contributed by atoms with E-state index in [-0.39, 0.29) is 24.0 Å². The lowest BCUT2D eigenvalue weighted by molar-refractivity contribution is 0.145. The molecule has 2 rings (SSSR count). The van der Waals surface area contributed by atoms with Crippen LogP contribution in [0.3, 0.4) is 0 Å². The van der Waals surface area contributed by atoms with Crippen LogP contribution in [0.4, 0.5) is 0 Å². The van der Waals surface area contributed by atoms with Crippen LogP contribution in [0.2, 0.25) is 0 Å². The molecule has 2 N–H and O–H groups in total. The zero-order valence-electron chi connectivity index (χ0n) is 17.8. The first-order valence-electron chi connectivity index (χ1n) is 9.83. The number of hydrogen-bond donors (Lipinski definition) is 2. The van der Waals surface area contributed by atoms with E-state index >= 15 is 0 Å². The number of methoxy groups -OCH3 is 1. The predicted octanol–water partition coefficient (Wildman–Crippen LogP) is 3.95. The molecule has 0 saturated carbocycles. The molecule has 0 radical (unpaired) electrons. The average molecular weight is 532 g/mol. The summed E-state index contributed by atoms with van der Waals surface area (Å²) in [5.41, 5.74) is 2.23. The van der Waals surface area contributed by atoms with E-state index < -0.39 is 0 Å². The van der Waals surface area contributed by atoms with Gasteiger partial charge in [-0.05, 0) is 31.9 Å². The van der Waals surface area contributed by atoms with E-state index in [1.54, 1.807) is 18.4 Å². The molecule has 0 amide bonds. The fourth-order valence-corrected chi connectivity index (χ4v) is 3.44. The lowest BCUT2D eigenvalue weighted by Crippen LogP contribution is -2.38. The van der Waals surface area contributed by atoms with Crippen molar-refractivity contribution < 1.29 is 9.47 Å². The van der Waals surface area contributed by atoms with Crippen molar-refractivity contribution in [2.45, 2.75) is 40.2 Å². The SMILES string of the molecule is CCNC(=NCc1ccc(C)cc1OCCOC)NCCc1ncc(CC)s1.I. The van der Waals surface area contributed by atoms with Crippen LogP contribution in [0.15, 0.2) is 29.4 Å². The molecule has 0 fully saturated rings. The molecule has 1 heterocycles. The van der Waals surface area contributed by atoms with Crippen molar-refractivity contribution in [3.8, 4) is 5.75 Å². The minimum absolute atomic E-state index is 0. The Morgan fingerprint density at radius 1 is 1.21 bits per heavy atom. The first-order valence-corrected chi connectivity index (χ1v) is 10.6. The zero-order chi connectivity index (χ0) is 20.2. The Labute approximate surface area is 195 Å². The fourth-order valence-electron chi connectivity index (χ4n) is 2.58. The van der Waals surface area contributed by atoms with E-state index in [4.69, 9.17) is 14.5 Å². The number of nitrogens with one attached hydrogen (secondary N) is 2. The number of aryl methyl sites for hydroxylation is 2. The van der Waals surface area contributed by atoms with Gasteiger partial charge in [-0.25, -0.2) is 9.98 Å². The molecule has 0 atom stereocenters. The Bertz CT molecular complexity index is 752. The van der Waals surface area contributed by atoms with Crippen molar-refractivity contribution >= 4 is 41.3 Å². The number of guanidine groups is 1. The van der Waals surface area contributed by atoms with Gasteiger partial charge in [0.05, 0.1) is 18.2 Å². The van der Waals surface area contributed by atoms with Crippen molar-refractivity contribution in [2.24, 2.45) is 4.99 Å². The first-order chi connectivity index (χ1) is 13.7. The van der Waals surface area contributed by atoms with Gasteiger partial charge in [-0.15, -0.1) is 35.3 Å². The maximum atomic E-state index is 5.86. The number of rotatable bonds is 11. The van der Waals surface area contributed by atoms with Crippen LogP contribution in [0.5, 0.6) is 5.75 Å². The van der Waals surface area contributed by atoms with Gasteiger partial charge in [-0.1, -0.05) is 19.1 Å². The minimum Gasteiger partial charge on any atom is -0.491 e. The van der Waals surface area contributed by atoms with Gasteiger partial charge in [0.25, 0.3) is 0 Å². The van der Waals surface area contributed by atoms with Crippen LogP contribution in [0, 0.1) is 6.92 Å². The summed E-state index contributed by atoms with van der Waals surface area (Å²) in [6.45, 7) is 9.54. The second kappa shape index (κ2) is 14.6. The van der Waals surface area contributed by atoms with Crippen LogP contribution >= 0.6 is 35.3 Å². The van der Waals surface area contributed by atoms with Crippen LogP contribution in [0.25, 0.3) is 0 Å². The molecule has 0 saturated heterocycles. The second-order valence-electron chi connectivity index (χ2n) is 6.40. The summed E-state index contributed by atoms with van der Waals surface area (Å²) in [7, 11) is 1.67. The molecule has 162 valence electrons. The largest absolute Gasteiger partial charge is 0.491 e. The Balaban J connectivity index is 0.00000420. The molecule has 0 aliphatic heterocycles. The van der Waals surface area contributed by atoms with Crippen LogP contribution in [-0.4, -0.2) is 44.4 Å². The standard InChI is InChI=1S/C21H32N4O2S.HI/c1-5-18-15-24-20(28-18)9-10-23-21(22-6-2)25-14-17-8-7-16(3)13-19(17)27-12-11-26-4;/h7-8,13,15H,5-6,9-12,14H2,1-4H3,(H2,22,23,25);1H. The van der Waals surface area contributed by atoms with E-state index in [1.807, 2.05) is 6.20 Å². The molecule has 1 aromatic carbocycles. The number of nitrogens with zero attached hydrogens (tertiary/aromatic N) is 2. The van der Waals surface area contributed by atoms with Gasteiger partial charge in [0, 0.05) is 43.3 Å². The number of thiazole rings is 1. The third-order valence-electron chi connectivity index (χ3n) is 4.10. The molecule has 0 aliphatic rings. The van der Waals surface area contributed by atoms with Crippen LogP contribution in [0.1, 0.15) is 34.9 Å². The topological polar surface area (TPSA) is 67.8 Å². The van der Waals surface area contributed by atoms with Gasteiger partial charge in [0.2, 0.25) is 0 Å². The number of aromatic nitrogens is 1. The highest BCUT2D eigenvalue weighted by atomic mass is 127. The minimum atomic E-state index is 0. The summed E-state index contributed by atoms with van der Waals surface area (Å²) in [6.07, 6.45) is 3.91. The summed E-state index contributed by atoms with van der Waals surface area (Å²) in [4.78, 5) is 10.5. The van der Waals surface area contributed by atoms with Crippen molar-refractivity contribution in [3.05, 3.63) is 45.4 Å².